The van der Waals surface area contributed by atoms with E-state index < -0.39 is 0 Å². The molecule has 1 aliphatic heterocycles. The monoisotopic (exact) mass is 411 g/mol. The largest absolute Gasteiger partial charge is 0.454 e. The Morgan fingerprint density at radius 3 is 2.71 bits per heavy atom. The van der Waals surface area contributed by atoms with Gasteiger partial charge in [0.2, 0.25) is 0 Å². The maximum atomic E-state index is 12.9. The number of hydrogen-bond acceptors (Lipinski definition) is 6. The van der Waals surface area contributed by atoms with E-state index in [0.29, 0.717) is 23.2 Å². The van der Waals surface area contributed by atoms with Crippen molar-refractivity contribution in [1.82, 2.24) is 20.2 Å². The van der Waals surface area contributed by atoms with Gasteiger partial charge in [-0.05, 0) is 58.0 Å². The van der Waals surface area contributed by atoms with Crippen molar-refractivity contribution in [3.05, 3.63) is 101 Å². The van der Waals surface area contributed by atoms with Crippen molar-refractivity contribution in [2.45, 2.75) is 12.5 Å². The highest BCUT2D eigenvalue weighted by atomic mass is 16.5. The van der Waals surface area contributed by atoms with Crippen LogP contribution in [-0.2, 0) is 11.2 Å². The minimum Gasteiger partial charge on any atom is -0.454 e. The highest BCUT2D eigenvalue weighted by Gasteiger charge is 2.28. The Bertz CT molecular complexity index is 1260. The van der Waals surface area contributed by atoms with E-state index in [0.717, 1.165) is 16.8 Å². The second-order valence-corrected chi connectivity index (χ2v) is 7.14. The van der Waals surface area contributed by atoms with Crippen LogP contribution in [0.3, 0.4) is 0 Å². The number of amides is 1. The maximum absolute atomic E-state index is 12.9. The first-order valence-corrected chi connectivity index (χ1v) is 9.71. The third kappa shape index (κ3) is 3.78. The molecule has 1 N–H and O–H groups in total. The van der Waals surface area contributed by atoms with E-state index in [4.69, 9.17) is 4.74 Å². The van der Waals surface area contributed by atoms with Crippen LogP contribution in [0.15, 0.2) is 79.1 Å². The molecule has 2 heterocycles. The molecule has 8 heteroatoms. The van der Waals surface area contributed by atoms with Gasteiger partial charge in [-0.1, -0.05) is 36.4 Å². The van der Waals surface area contributed by atoms with Gasteiger partial charge in [0.15, 0.2) is 0 Å². The van der Waals surface area contributed by atoms with E-state index in [1.165, 1.54) is 11.0 Å². The zero-order valence-electron chi connectivity index (χ0n) is 16.3. The molecule has 1 aliphatic rings. The zero-order valence-corrected chi connectivity index (χ0v) is 16.3. The van der Waals surface area contributed by atoms with Crippen molar-refractivity contribution >= 4 is 17.6 Å². The molecule has 0 spiro atoms. The zero-order chi connectivity index (χ0) is 21.2. The average Bonchev–Trinajstić information content (AvgIpc) is 3.34. The number of anilines is 1. The summed E-state index contributed by atoms with van der Waals surface area (Å²) >= 11 is 0. The SMILES string of the molecule is O=C(Nc1cccc(-n2cnnn2)c1)c1ccc2c(c1)C[C@@H](c1ccccc1)OC2=O. The van der Waals surface area contributed by atoms with E-state index in [-0.39, 0.29) is 18.0 Å². The molecule has 0 fully saturated rings. The van der Waals surface area contributed by atoms with Crippen molar-refractivity contribution < 1.29 is 14.3 Å². The Balaban J connectivity index is 1.38. The summed E-state index contributed by atoms with van der Waals surface area (Å²) in [6, 6.07) is 21.8. The predicted molar refractivity (Wildman–Crippen MR) is 112 cm³/mol. The Kier molecular flexibility index (Phi) is 4.72. The molecule has 0 aliphatic carbocycles. The number of esters is 1. The summed E-state index contributed by atoms with van der Waals surface area (Å²) in [4.78, 5) is 25.3. The molecule has 1 aromatic heterocycles. The van der Waals surface area contributed by atoms with E-state index in [2.05, 4.69) is 20.8 Å². The fraction of sp³-hybridized carbons (Fsp3) is 0.0870. The van der Waals surface area contributed by atoms with Crippen LogP contribution in [0.4, 0.5) is 5.69 Å². The van der Waals surface area contributed by atoms with E-state index in [9.17, 15) is 9.59 Å². The molecule has 152 valence electrons. The summed E-state index contributed by atoms with van der Waals surface area (Å²) < 4.78 is 7.09. The molecule has 0 radical (unpaired) electrons. The third-order valence-corrected chi connectivity index (χ3v) is 5.13. The van der Waals surface area contributed by atoms with Gasteiger partial charge in [-0.25, -0.2) is 9.48 Å². The van der Waals surface area contributed by atoms with Crippen molar-refractivity contribution in [1.29, 1.82) is 0 Å². The van der Waals surface area contributed by atoms with Crippen LogP contribution in [-0.4, -0.2) is 32.1 Å². The molecule has 4 aromatic rings. The quantitative estimate of drug-likeness (QED) is 0.517. The van der Waals surface area contributed by atoms with Gasteiger partial charge in [-0.3, -0.25) is 4.79 Å². The van der Waals surface area contributed by atoms with Gasteiger partial charge < -0.3 is 10.1 Å². The molecule has 31 heavy (non-hydrogen) atoms. The van der Waals surface area contributed by atoms with Crippen LogP contribution in [0.25, 0.3) is 5.69 Å². The number of rotatable bonds is 4. The van der Waals surface area contributed by atoms with Crippen LogP contribution in [0.5, 0.6) is 0 Å². The smallest absolute Gasteiger partial charge is 0.339 e. The van der Waals surface area contributed by atoms with Crippen LogP contribution in [0.1, 0.15) is 37.9 Å². The van der Waals surface area contributed by atoms with Gasteiger partial charge in [-0.15, -0.1) is 5.10 Å². The minimum atomic E-state index is -0.379. The second-order valence-electron chi connectivity index (χ2n) is 7.14. The summed E-state index contributed by atoms with van der Waals surface area (Å²) in [5.41, 5.74) is 4.01. The van der Waals surface area contributed by atoms with Crippen molar-refractivity contribution in [3.63, 3.8) is 0 Å². The molecular weight excluding hydrogens is 394 g/mol. The van der Waals surface area contributed by atoms with Crippen LogP contribution in [0.2, 0.25) is 0 Å². The number of carbonyl (C=O) groups is 2. The van der Waals surface area contributed by atoms with Crippen molar-refractivity contribution in [2.24, 2.45) is 0 Å². The summed E-state index contributed by atoms with van der Waals surface area (Å²) in [5, 5.41) is 14.0. The molecule has 0 bridgehead atoms. The molecule has 8 nitrogen and oxygen atoms in total. The number of aromatic nitrogens is 4. The number of nitrogens with one attached hydrogen (secondary N) is 1. The summed E-state index contributed by atoms with van der Waals surface area (Å²) in [6.45, 7) is 0. The molecule has 1 amide bonds. The Morgan fingerprint density at radius 1 is 1.03 bits per heavy atom. The third-order valence-electron chi connectivity index (χ3n) is 5.13. The standard InChI is InChI=1S/C23H17N5O3/c29-22(25-18-7-4-8-19(13-18)28-14-24-26-27-28)16-9-10-20-17(11-16)12-21(31-23(20)30)15-5-2-1-3-6-15/h1-11,13-14,21H,12H2,(H,25,29)/t21-/m0/s1. The first kappa shape index (κ1) is 18.7. The van der Waals surface area contributed by atoms with E-state index in [1.54, 1.807) is 36.4 Å². The lowest BCUT2D eigenvalue weighted by atomic mass is 9.93. The van der Waals surface area contributed by atoms with Crippen LogP contribution in [0, 0.1) is 0 Å². The summed E-state index contributed by atoms with van der Waals surface area (Å²) in [5.74, 6) is -0.650. The van der Waals surface area contributed by atoms with Crippen LogP contribution < -0.4 is 5.32 Å². The number of fused-ring (bicyclic) bond motifs is 1. The Labute approximate surface area is 177 Å². The lowest BCUT2D eigenvalue weighted by Crippen LogP contribution is -2.23. The number of hydrogen-bond donors (Lipinski definition) is 1. The summed E-state index contributed by atoms with van der Waals surface area (Å²) in [7, 11) is 0. The maximum Gasteiger partial charge on any atom is 0.339 e. The topological polar surface area (TPSA) is 99.0 Å². The highest BCUT2D eigenvalue weighted by molar-refractivity contribution is 6.05. The Hall–Kier alpha value is -4.33. The molecule has 0 saturated heterocycles. The normalized spacial score (nSPS) is 15.1. The lowest BCUT2D eigenvalue weighted by molar-refractivity contribution is 0.0252. The average molecular weight is 411 g/mol. The fourth-order valence-corrected chi connectivity index (χ4v) is 3.60. The minimum absolute atomic E-state index is 0.271. The number of tetrazole rings is 1. The van der Waals surface area contributed by atoms with Gasteiger partial charge in [0, 0.05) is 17.7 Å². The van der Waals surface area contributed by atoms with Gasteiger partial charge in [0.05, 0.1) is 11.3 Å². The molecule has 0 unspecified atom stereocenters. The highest BCUT2D eigenvalue weighted by Crippen LogP contribution is 2.31. The number of cyclic esters (lactones) is 1. The molecular formula is C23H17N5O3. The molecule has 5 rings (SSSR count). The number of carbonyl (C=O) groups excluding carboxylic acids is 2. The van der Waals surface area contributed by atoms with Gasteiger partial charge >= 0.3 is 5.97 Å². The second kappa shape index (κ2) is 7.83. The lowest BCUT2D eigenvalue weighted by Gasteiger charge is -2.25. The predicted octanol–water partition coefficient (Wildman–Crippen LogP) is 3.37. The number of ether oxygens (including phenoxy) is 1. The van der Waals surface area contributed by atoms with Crippen LogP contribution >= 0.6 is 0 Å². The number of benzene rings is 3. The molecule has 3 aromatic carbocycles. The molecule has 0 saturated carbocycles. The van der Waals surface area contributed by atoms with Crippen molar-refractivity contribution in [3.8, 4) is 5.69 Å². The fourth-order valence-electron chi connectivity index (χ4n) is 3.60. The summed E-state index contributed by atoms with van der Waals surface area (Å²) in [6.07, 6.45) is 1.63. The van der Waals surface area contributed by atoms with Crippen molar-refractivity contribution in [2.75, 3.05) is 5.32 Å². The van der Waals surface area contributed by atoms with E-state index >= 15 is 0 Å². The van der Waals surface area contributed by atoms with Gasteiger partial charge in [-0.2, -0.15) is 0 Å². The first-order chi connectivity index (χ1) is 15.2. The van der Waals surface area contributed by atoms with E-state index in [1.807, 2.05) is 36.4 Å². The number of nitrogens with zero attached hydrogens (tertiary/aromatic N) is 4. The van der Waals surface area contributed by atoms with Gasteiger partial charge in [0.25, 0.3) is 5.91 Å². The first-order valence-electron chi connectivity index (χ1n) is 9.71. The molecule has 1 atom stereocenters. The van der Waals surface area contributed by atoms with Gasteiger partial charge in [0.1, 0.15) is 12.4 Å². The Morgan fingerprint density at radius 2 is 1.90 bits per heavy atom.